The summed E-state index contributed by atoms with van der Waals surface area (Å²) in [7, 11) is 0. The predicted molar refractivity (Wildman–Crippen MR) is 191 cm³/mol. The normalized spacial score (nSPS) is 11.6. The lowest BCUT2D eigenvalue weighted by Crippen LogP contribution is -2.00. The lowest BCUT2D eigenvalue weighted by Gasteiger charge is -2.17. The molecule has 0 saturated heterocycles. The van der Waals surface area contributed by atoms with Gasteiger partial charge in [0.15, 0.2) is 0 Å². The number of rotatable bonds is 5. The zero-order chi connectivity index (χ0) is 29.9. The van der Waals surface area contributed by atoms with Gasteiger partial charge in [-0.3, -0.25) is 0 Å². The van der Waals surface area contributed by atoms with Crippen LogP contribution in [0.3, 0.4) is 0 Å². The molecule has 0 aliphatic carbocycles. The molecule has 0 aliphatic rings. The first-order chi connectivity index (χ1) is 21.5. The molecule has 0 aliphatic heterocycles. The van der Waals surface area contributed by atoms with Gasteiger partial charge in [0, 0.05) is 62.0 Å². The van der Waals surface area contributed by atoms with Crippen molar-refractivity contribution >= 4 is 44.2 Å². The van der Waals surface area contributed by atoms with E-state index in [9.17, 15) is 0 Å². The Bertz CT molecular complexity index is 2150. The lowest BCUT2D eigenvalue weighted by molar-refractivity contribution is 1.06. The molecule has 44 heavy (non-hydrogen) atoms. The molecule has 8 aromatic rings. The van der Waals surface area contributed by atoms with Crippen LogP contribution in [0.5, 0.6) is 0 Å². The summed E-state index contributed by atoms with van der Waals surface area (Å²) in [5, 5.41) is 9.65. The fraction of sp³-hybridized carbons (Fsp3) is 0.100. The van der Waals surface area contributed by atoms with E-state index in [1.165, 1.54) is 87.2 Å². The summed E-state index contributed by atoms with van der Waals surface area (Å²) in [5.41, 5.74) is 12.8. The van der Waals surface area contributed by atoms with Crippen LogP contribution in [-0.2, 0) is 0 Å². The first-order valence-electron chi connectivity index (χ1n) is 15.0. The molecular weight excluding hydrogens is 573 g/mol. The SMILES string of the molecule is Cc1ccc2c(-c3cc(-c4ccn(-c5c(C)ccc6c(-n7cccc7)c(C)ccc56)c4)cs3)c(C)ccc2c1-c1cccs1. The van der Waals surface area contributed by atoms with Crippen molar-refractivity contribution in [2.75, 3.05) is 0 Å². The van der Waals surface area contributed by atoms with E-state index < -0.39 is 0 Å². The minimum atomic E-state index is 1.23. The zero-order valence-electron chi connectivity index (χ0n) is 25.3. The Balaban J connectivity index is 1.22. The molecule has 0 amide bonds. The predicted octanol–water partition coefficient (Wildman–Crippen LogP) is 11.9. The number of fused-ring (bicyclic) bond motifs is 2. The maximum Gasteiger partial charge on any atom is 0.0557 e. The fourth-order valence-electron chi connectivity index (χ4n) is 6.78. The van der Waals surface area contributed by atoms with Crippen LogP contribution in [0, 0.1) is 27.7 Å². The van der Waals surface area contributed by atoms with E-state index in [2.05, 4.69) is 157 Å². The Morgan fingerprint density at radius 3 is 1.70 bits per heavy atom. The fourth-order valence-corrected chi connectivity index (χ4v) is 8.68. The van der Waals surface area contributed by atoms with E-state index in [1.54, 1.807) is 0 Å². The van der Waals surface area contributed by atoms with Gasteiger partial charge in [0.1, 0.15) is 0 Å². The van der Waals surface area contributed by atoms with Crippen LogP contribution < -0.4 is 0 Å². The summed E-state index contributed by atoms with van der Waals surface area (Å²) in [5.74, 6) is 0. The standard InChI is InChI=1S/C40H32N2S2/c1-25-9-14-32-31(37(25)35-8-7-21-43-35)13-10-26(2)38(32)36-22-30(24-44-36)29-17-20-42(23-29)40-28(4)12-15-33-34(40)16-11-27(3)39(33)41-18-5-6-19-41/h5-24H,1-4H3. The highest BCUT2D eigenvalue weighted by molar-refractivity contribution is 7.14. The van der Waals surface area contributed by atoms with Crippen LogP contribution in [0.1, 0.15) is 22.3 Å². The third-order valence-corrected chi connectivity index (χ3v) is 10.8. The molecule has 0 saturated carbocycles. The number of thiophene rings is 2. The molecule has 0 unspecified atom stereocenters. The Kier molecular flexibility index (Phi) is 6.44. The van der Waals surface area contributed by atoms with Gasteiger partial charge in [0.2, 0.25) is 0 Å². The minimum Gasteiger partial charge on any atom is -0.323 e. The van der Waals surface area contributed by atoms with Gasteiger partial charge in [-0.1, -0.05) is 54.6 Å². The lowest BCUT2D eigenvalue weighted by atomic mass is 9.92. The van der Waals surface area contributed by atoms with E-state index in [0.717, 1.165) is 0 Å². The molecule has 0 N–H and O–H groups in total. The second-order valence-electron chi connectivity index (χ2n) is 11.7. The summed E-state index contributed by atoms with van der Waals surface area (Å²) >= 11 is 3.65. The van der Waals surface area contributed by atoms with Gasteiger partial charge in [-0.05, 0) is 107 Å². The van der Waals surface area contributed by atoms with E-state index >= 15 is 0 Å². The van der Waals surface area contributed by atoms with Crippen molar-refractivity contribution in [2.24, 2.45) is 0 Å². The second kappa shape index (κ2) is 10.5. The van der Waals surface area contributed by atoms with Crippen LogP contribution in [-0.4, -0.2) is 9.13 Å². The molecular formula is C40H32N2S2. The number of hydrogen-bond acceptors (Lipinski definition) is 2. The topological polar surface area (TPSA) is 9.86 Å². The number of benzene rings is 4. The van der Waals surface area contributed by atoms with Crippen LogP contribution in [0.2, 0.25) is 0 Å². The van der Waals surface area contributed by atoms with Crippen molar-refractivity contribution < 1.29 is 0 Å². The summed E-state index contributed by atoms with van der Waals surface area (Å²) in [6, 6.07) is 31.4. The molecule has 214 valence electrons. The highest BCUT2D eigenvalue weighted by atomic mass is 32.1. The Labute approximate surface area is 266 Å². The van der Waals surface area contributed by atoms with E-state index in [-0.39, 0.29) is 0 Å². The Morgan fingerprint density at radius 2 is 1.07 bits per heavy atom. The maximum absolute atomic E-state index is 2.38. The van der Waals surface area contributed by atoms with Crippen LogP contribution >= 0.6 is 22.7 Å². The first-order valence-corrected chi connectivity index (χ1v) is 16.7. The average molecular weight is 605 g/mol. The molecule has 0 bridgehead atoms. The second-order valence-corrected chi connectivity index (χ2v) is 13.6. The molecule has 0 atom stereocenters. The largest absolute Gasteiger partial charge is 0.323 e. The van der Waals surface area contributed by atoms with Gasteiger partial charge in [-0.15, -0.1) is 22.7 Å². The molecule has 4 aromatic heterocycles. The van der Waals surface area contributed by atoms with Gasteiger partial charge in [-0.2, -0.15) is 0 Å². The number of nitrogens with zero attached hydrogens (tertiary/aromatic N) is 2. The highest BCUT2D eigenvalue weighted by Gasteiger charge is 2.17. The summed E-state index contributed by atoms with van der Waals surface area (Å²) < 4.78 is 4.53. The third-order valence-electron chi connectivity index (χ3n) is 8.93. The highest BCUT2D eigenvalue weighted by Crippen LogP contribution is 2.43. The molecule has 0 radical (unpaired) electrons. The van der Waals surface area contributed by atoms with Crippen molar-refractivity contribution in [1.29, 1.82) is 0 Å². The number of aromatic nitrogens is 2. The molecule has 4 heterocycles. The molecule has 0 spiro atoms. The smallest absolute Gasteiger partial charge is 0.0557 e. The van der Waals surface area contributed by atoms with Crippen molar-refractivity contribution in [2.45, 2.75) is 27.7 Å². The van der Waals surface area contributed by atoms with Gasteiger partial charge in [-0.25, -0.2) is 0 Å². The molecule has 8 rings (SSSR count). The Morgan fingerprint density at radius 1 is 0.477 bits per heavy atom. The molecule has 2 nitrogen and oxygen atoms in total. The zero-order valence-corrected chi connectivity index (χ0v) is 26.9. The van der Waals surface area contributed by atoms with E-state index in [1.807, 2.05) is 22.7 Å². The summed E-state index contributed by atoms with van der Waals surface area (Å²) in [6.45, 7) is 8.87. The summed E-state index contributed by atoms with van der Waals surface area (Å²) in [4.78, 5) is 2.64. The maximum atomic E-state index is 2.38. The van der Waals surface area contributed by atoms with Crippen molar-refractivity contribution in [3.8, 4) is 43.4 Å². The van der Waals surface area contributed by atoms with Gasteiger partial charge >= 0.3 is 0 Å². The van der Waals surface area contributed by atoms with Gasteiger partial charge < -0.3 is 9.13 Å². The van der Waals surface area contributed by atoms with Crippen LogP contribution in [0.15, 0.2) is 120 Å². The van der Waals surface area contributed by atoms with Crippen molar-refractivity contribution in [1.82, 2.24) is 9.13 Å². The number of hydrogen-bond donors (Lipinski definition) is 0. The number of aryl methyl sites for hydroxylation is 4. The summed E-state index contributed by atoms with van der Waals surface area (Å²) in [6.07, 6.45) is 8.76. The first kappa shape index (κ1) is 26.9. The molecule has 0 fully saturated rings. The minimum absolute atomic E-state index is 1.23. The van der Waals surface area contributed by atoms with Crippen molar-refractivity contribution in [3.05, 3.63) is 143 Å². The van der Waals surface area contributed by atoms with Gasteiger partial charge in [0.25, 0.3) is 0 Å². The monoisotopic (exact) mass is 604 g/mol. The van der Waals surface area contributed by atoms with E-state index in [4.69, 9.17) is 0 Å². The Hall–Kier alpha value is -4.64. The van der Waals surface area contributed by atoms with Crippen molar-refractivity contribution in [3.63, 3.8) is 0 Å². The molecule has 4 aromatic carbocycles. The average Bonchev–Trinajstić information content (AvgIpc) is 3.84. The van der Waals surface area contributed by atoms with E-state index in [0.29, 0.717) is 0 Å². The molecule has 4 heteroatoms. The van der Waals surface area contributed by atoms with Gasteiger partial charge in [0.05, 0.1) is 11.4 Å². The van der Waals surface area contributed by atoms with Crippen LogP contribution in [0.25, 0.3) is 64.9 Å². The van der Waals surface area contributed by atoms with Crippen LogP contribution in [0.4, 0.5) is 0 Å². The third kappa shape index (κ3) is 4.29. The quantitative estimate of drug-likeness (QED) is 0.185.